The van der Waals surface area contributed by atoms with Crippen molar-refractivity contribution >= 4 is 23.3 Å². The van der Waals surface area contributed by atoms with Crippen molar-refractivity contribution in [1.82, 2.24) is 5.32 Å². The first-order valence-corrected chi connectivity index (χ1v) is 10.5. The third kappa shape index (κ3) is 3.63. The Labute approximate surface area is 190 Å². The number of methoxy groups -OCH3 is 1. The van der Waals surface area contributed by atoms with Gasteiger partial charge in [0.15, 0.2) is 17.2 Å². The quantitative estimate of drug-likeness (QED) is 0.599. The van der Waals surface area contributed by atoms with Gasteiger partial charge < -0.3 is 20.1 Å². The Bertz CT molecular complexity index is 1250. The summed E-state index contributed by atoms with van der Waals surface area (Å²) in [6, 6.07) is 17.3. The van der Waals surface area contributed by atoms with Crippen LogP contribution in [0.1, 0.15) is 35.3 Å². The standard InChI is InChI=1S/C25H22FN3O4/c1-25-14-20(19-7-4-8-21(32-2)22(19)33-25)28-24(31)29(25)18-6-3-5-15(13-18)23(30)27-17-11-9-16(26)10-12-17/h3-13,20H,14H2,1-2H3,(H,27,30)(H,28,31). The minimum atomic E-state index is -0.985. The van der Waals surface area contributed by atoms with Crippen LogP contribution in [0.2, 0.25) is 0 Å². The van der Waals surface area contributed by atoms with Crippen LogP contribution in [-0.2, 0) is 0 Å². The molecule has 1 saturated heterocycles. The van der Waals surface area contributed by atoms with E-state index < -0.39 is 5.72 Å². The maximum Gasteiger partial charge on any atom is 0.325 e. The van der Waals surface area contributed by atoms with Gasteiger partial charge in [0.25, 0.3) is 5.91 Å². The van der Waals surface area contributed by atoms with Gasteiger partial charge in [-0.25, -0.2) is 9.18 Å². The van der Waals surface area contributed by atoms with E-state index in [9.17, 15) is 14.0 Å². The van der Waals surface area contributed by atoms with Crippen LogP contribution in [-0.4, -0.2) is 24.8 Å². The van der Waals surface area contributed by atoms with E-state index in [1.54, 1.807) is 31.4 Å². The van der Waals surface area contributed by atoms with Crippen LogP contribution < -0.4 is 25.0 Å². The van der Waals surface area contributed by atoms with Gasteiger partial charge in [0, 0.05) is 23.2 Å². The van der Waals surface area contributed by atoms with Gasteiger partial charge in [-0.05, 0) is 55.5 Å². The molecule has 2 atom stereocenters. The number of urea groups is 1. The number of carbonyl (C=O) groups is 2. The van der Waals surface area contributed by atoms with Crippen molar-refractivity contribution in [2.45, 2.75) is 25.1 Å². The summed E-state index contributed by atoms with van der Waals surface area (Å²) in [4.78, 5) is 27.5. The molecular formula is C25H22FN3O4. The van der Waals surface area contributed by atoms with Crippen LogP contribution in [0.25, 0.3) is 0 Å². The summed E-state index contributed by atoms with van der Waals surface area (Å²) in [7, 11) is 1.57. The lowest BCUT2D eigenvalue weighted by molar-refractivity contribution is 0.0349. The Balaban J connectivity index is 1.46. The zero-order valence-corrected chi connectivity index (χ0v) is 18.1. The fraction of sp³-hybridized carbons (Fsp3) is 0.200. The lowest BCUT2D eigenvalue weighted by Gasteiger charge is -2.50. The molecule has 3 amide bonds. The molecule has 2 unspecified atom stereocenters. The van der Waals surface area contributed by atoms with E-state index in [1.807, 2.05) is 25.1 Å². The molecule has 0 radical (unpaired) electrons. The number of anilines is 2. The summed E-state index contributed by atoms with van der Waals surface area (Å²) in [5, 5.41) is 5.77. The fourth-order valence-corrected chi connectivity index (χ4v) is 4.43. The summed E-state index contributed by atoms with van der Waals surface area (Å²) in [5.74, 6) is 0.421. The molecule has 2 aliphatic heterocycles. The number of ether oxygens (including phenoxy) is 2. The predicted molar refractivity (Wildman–Crippen MR) is 121 cm³/mol. The monoisotopic (exact) mass is 447 g/mol. The molecule has 0 aliphatic carbocycles. The molecule has 33 heavy (non-hydrogen) atoms. The average molecular weight is 447 g/mol. The molecule has 0 aromatic heterocycles. The highest BCUT2D eigenvalue weighted by atomic mass is 19.1. The molecule has 5 rings (SSSR count). The Morgan fingerprint density at radius 3 is 2.70 bits per heavy atom. The number of amides is 3. The van der Waals surface area contributed by atoms with Gasteiger partial charge in [-0.15, -0.1) is 0 Å². The lowest BCUT2D eigenvalue weighted by atomic mass is 9.89. The Kier molecular flexibility index (Phi) is 4.92. The number of hydrogen-bond acceptors (Lipinski definition) is 4. The van der Waals surface area contributed by atoms with Crippen molar-refractivity contribution < 1.29 is 23.5 Å². The van der Waals surface area contributed by atoms with Gasteiger partial charge in [0.1, 0.15) is 5.82 Å². The molecular weight excluding hydrogens is 425 g/mol. The number of rotatable bonds is 4. The second-order valence-corrected chi connectivity index (χ2v) is 8.21. The summed E-state index contributed by atoms with van der Waals surface area (Å²) in [6.45, 7) is 1.85. The van der Waals surface area contributed by atoms with Crippen molar-refractivity contribution in [3.8, 4) is 11.5 Å². The fourth-order valence-electron chi connectivity index (χ4n) is 4.43. The number of nitrogens with one attached hydrogen (secondary N) is 2. The number of benzene rings is 3. The SMILES string of the molecule is COc1cccc2c1OC1(C)CC2NC(=O)N1c1cccc(C(=O)Nc2ccc(F)cc2)c1. The molecule has 168 valence electrons. The normalized spacial score (nSPS) is 20.9. The van der Waals surface area contributed by atoms with Crippen LogP contribution in [0, 0.1) is 5.82 Å². The molecule has 2 aliphatic rings. The Morgan fingerprint density at radius 2 is 1.94 bits per heavy atom. The first kappa shape index (κ1) is 20.8. The van der Waals surface area contributed by atoms with Gasteiger partial charge in [-0.3, -0.25) is 9.69 Å². The van der Waals surface area contributed by atoms with E-state index in [-0.39, 0.29) is 23.8 Å². The third-order valence-corrected chi connectivity index (χ3v) is 5.95. The average Bonchev–Trinajstić information content (AvgIpc) is 2.80. The second-order valence-electron chi connectivity index (χ2n) is 8.21. The number of nitrogens with zero attached hydrogens (tertiary/aromatic N) is 1. The summed E-state index contributed by atoms with van der Waals surface area (Å²) in [6.07, 6.45) is 0.519. The van der Waals surface area contributed by atoms with E-state index in [4.69, 9.17) is 9.47 Å². The zero-order valence-electron chi connectivity index (χ0n) is 18.1. The van der Waals surface area contributed by atoms with Crippen molar-refractivity contribution in [3.05, 3.63) is 83.7 Å². The van der Waals surface area contributed by atoms with E-state index >= 15 is 0 Å². The van der Waals surface area contributed by atoms with Crippen LogP contribution in [0.4, 0.5) is 20.6 Å². The van der Waals surface area contributed by atoms with Crippen molar-refractivity contribution in [3.63, 3.8) is 0 Å². The number of halogens is 1. The van der Waals surface area contributed by atoms with Gasteiger partial charge in [0.2, 0.25) is 0 Å². The van der Waals surface area contributed by atoms with E-state index in [0.717, 1.165) is 5.56 Å². The smallest absolute Gasteiger partial charge is 0.325 e. The van der Waals surface area contributed by atoms with Crippen molar-refractivity contribution in [2.75, 3.05) is 17.3 Å². The highest BCUT2D eigenvalue weighted by molar-refractivity contribution is 6.05. The molecule has 8 heteroatoms. The van der Waals surface area contributed by atoms with Gasteiger partial charge in [0.05, 0.1) is 18.8 Å². The molecule has 7 nitrogen and oxygen atoms in total. The molecule has 2 N–H and O–H groups in total. The Hall–Kier alpha value is -4.07. The van der Waals surface area contributed by atoms with Crippen LogP contribution in [0.15, 0.2) is 66.7 Å². The molecule has 2 bridgehead atoms. The zero-order chi connectivity index (χ0) is 23.2. The lowest BCUT2D eigenvalue weighted by Crippen LogP contribution is -2.65. The molecule has 2 heterocycles. The van der Waals surface area contributed by atoms with E-state index in [0.29, 0.717) is 34.9 Å². The minimum Gasteiger partial charge on any atom is -0.493 e. The summed E-state index contributed by atoms with van der Waals surface area (Å²) in [5.41, 5.74) is 1.22. The number of para-hydroxylation sites is 1. The first-order valence-electron chi connectivity index (χ1n) is 10.5. The molecule has 3 aromatic rings. The molecule has 0 spiro atoms. The van der Waals surface area contributed by atoms with E-state index in [2.05, 4.69) is 10.6 Å². The molecule has 3 aromatic carbocycles. The third-order valence-electron chi connectivity index (χ3n) is 5.95. The Morgan fingerprint density at radius 1 is 1.18 bits per heavy atom. The van der Waals surface area contributed by atoms with Crippen molar-refractivity contribution in [2.24, 2.45) is 0 Å². The van der Waals surface area contributed by atoms with Crippen LogP contribution in [0.3, 0.4) is 0 Å². The van der Waals surface area contributed by atoms with Gasteiger partial charge in [-0.2, -0.15) is 0 Å². The first-order chi connectivity index (χ1) is 15.9. The van der Waals surface area contributed by atoms with E-state index in [1.165, 1.54) is 29.2 Å². The number of carbonyl (C=O) groups excluding carboxylic acids is 2. The summed E-state index contributed by atoms with van der Waals surface area (Å²) >= 11 is 0. The van der Waals surface area contributed by atoms with Crippen LogP contribution in [0.5, 0.6) is 11.5 Å². The summed E-state index contributed by atoms with van der Waals surface area (Å²) < 4.78 is 25.0. The topological polar surface area (TPSA) is 79.9 Å². The highest BCUT2D eigenvalue weighted by Crippen LogP contribution is 2.49. The van der Waals surface area contributed by atoms with Crippen molar-refractivity contribution in [1.29, 1.82) is 0 Å². The molecule has 0 saturated carbocycles. The number of fused-ring (bicyclic) bond motifs is 4. The maximum absolute atomic E-state index is 13.1. The highest BCUT2D eigenvalue weighted by Gasteiger charge is 2.50. The maximum atomic E-state index is 13.1. The van der Waals surface area contributed by atoms with Gasteiger partial charge in [-0.1, -0.05) is 18.2 Å². The second kappa shape index (κ2) is 7.81. The largest absolute Gasteiger partial charge is 0.493 e. The van der Waals surface area contributed by atoms with Gasteiger partial charge >= 0.3 is 6.03 Å². The number of hydrogen-bond donors (Lipinski definition) is 2. The van der Waals surface area contributed by atoms with Crippen LogP contribution >= 0.6 is 0 Å². The predicted octanol–water partition coefficient (Wildman–Crippen LogP) is 4.86. The molecule has 1 fully saturated rings. The minimum absolute atomic E-state index is 0.220.